The number of nitrogens with one attached hydrogen (secondary N) is 1. The lowest BCUT2D eigenvalue weighted by atomic mass is 10.5. The number of thiophene rings is 1. The van der Waals surface area contributed by atoms with E-state index in [0.29, 0.717) is 19.2 Å². The minimum Gasteiger partial charge on any atom is -0.464 e. The lowest BCUT2D eigenvalue weighted by Gasteiger charge is -2.07. The van der Waals surface area contributed by atoms with Gasteiger partial charge in [0, 0.05) is 11.9 Å². The first kappa shape index (κ1) is 12.6. The summed E-state index contributed by atoms with van der Waals surface area (Å²) in [6, 6.07) is 4.49. The number of ether oxygens (including phenoxy) is 2. The first-order valence-corrected chi connectivity index (χ1v) is 6.41. The Kier molecular flexibility index (Phi) is 4.30. The summed E-state index contributed by atoms with van der Waals surface area (Å²) in [6.45, 7) is 2.81. The average molecular weight is 266 g/mol. The van der Waals surface area contributed by atoms with E-state index in [9.17, 15) is 0 Å². The van der Waals surface area contributed by atoms with Crippen LogP contribution in [0.15, 0.2) is 17.5 Å². The summed E-state index contributed by atoms with van der Waals surface area (Å²) < 4.78 is 10.8. The van der Waals surface area contributed by atoms with E-state index in [0.717, 1.165) is 4.88 Å². The molecule has 0 fully saturated rings. The van der Waals surface area contributed by atoms with Gasteiger partial charge < -0.3 is 14.8 Å². The molecule has 0 saturated heterocycles. The zero-order chi connectivity index (χ0) is 12.8. The topological polar surface area (TPSA) is 69.2 Å². The molecule has 0 aliphatic rings. The highest BCUT2D eigenvalue weighted by molar-refractivity contribution is 7.09. The number of hydrogen-bond acceptors (Lipinski definition) is 7. The van der Waals surface area contributed by atoms with Crippen molar-refractivity contribution in [3.8, 4) is 12.0 Å². The summed E-state index contributed by atoms with van der Waals surface area (Å²) in [5, 5.41) is 4.84. The Hall–Kier alpha value is -1.89. The second-order valence-corrected chi connectivity index (χ2v) is 4.31. The summed E-state index contributed by atoms with van der Waals surface area (Å²) in [5.41, 5.74) is 0. The third kappa shape index (κ3) is 3.30. The van der Waals surface area contributed by atoms with Crippen LogP contribution in [0.1, 0.15) is 11.8 Å². The Morgan fingerprint density at radius 3 is 2.61 bits per heavy atom. The van der Waals surface area contributed by atoms with E-state index in [4.69, 9.17) is 9.47 Å². The van der Waals surface area contributed by atoms with E-state index in [1.54, 1.807) is 18.4 Å². The van der Waals surface area contributed by atoms with Gasteiger partial charge in [0.25, 0.3) is 0 Å². The molecule has 0 spiro atoms. The Morgan fingerprint density at radius 1 is 1.22 bits per heavy atom. The van der Waals surface area contributed by atoms with Gasteiger partial charge in [-0.05, 0) is 18.4 Å². The predicted molar refractivity (Wildman–Crippen MR) is 69.2 cm³/mol. The van der Waals surface area contributed by atoms with Crippen molar-refractivity contribution >= 4 is 17.3 Å². The Morgan fingerprint density at radius 2 is 2.00 bits per heavy atom. The van der Waals surface area contributed by atoms with Crippen LogP contribution in [0.4, 0.5) is 5.95 Å². The maximum absolute atomic E-state index is 5.51. The molecule has 18 heavy (non-hydrogen) atoms. The fourth-order valence-corrected chi connectivity index (χ4v) is 1.85. The summed E-state index contributed by atoms with van der Waals surface area (Å²) in [6.07, 6.45) is 0. The van der Waals surface area contributed by atoms with Crippen LogP contribution >= 0.6 is 11.3 Å². The zero-order valence-electron chi connectivity index (χ0n) is 10.2. The molecule has 0 atom stereocenters. The monoisotopic (exact) mass is 266 g/mol. The molecule has 2 heterocycles. The largest absolute Gasteiger partial charge is 0.464 e. The predicted octanol–water partition coefficient (Wildman–Crippen LogP) is 1.95. The Balaban J connectivity index is 2.08. The summed E-state index contributed by atoms with van der Waals surface area (Å²) >= 11 is 1.62. The van der Waals surface area contributed by atoms with Gasteiger partial charge in [-0.3, -0.25) is 0 Å². The van der Waals surface area contributed by atoms with Crippen LogP contribution in [0.25, 0.3) is 0 Å². The van der Waals surface area contributed by atoms with Crippen molar-refractivity contribution in [3.63, 3.8) is 0 Å². The molecule has 96 valence electrons. The molecule has 6 nitrogen and oxygen atoms in total. The minimum absolute atomic E-state index is 0.256. The van der Waals surface area contributed by atoms with Crippen LogP contribution in [0, 0.1) is 0 Å². The number of nitrogens with zero attached hydrogens (tertiary/aromatic N) is 3. The fourth-order valence-electron chi connectivity index (χ4n) is 1.24. The normalized spacial score (nSPS) is 10.1. The highest BCUT2D eigenvalue weighted by Gasteiger charge is 2.07. The second kappa shape index (κ2) is 6.15. The molecular weight excluding hydrogens is 252 g/mol. The molecule has 2 aromatic rings. The third-order valence-corrected chi connectivity index (χ3v) is 2.86. The highest BCUT2D eigenvalue weighted by Crippen LogP contribution is 2.15. The molecule has 0 saturated carbocycles. The lowest BCUT2D eigenvalue weighted by Crippen LogP contribution is -2.06. The maximum atomic E-state index is 5.51. The first-order chi connectivity index (χ1) is 8.81. The van der Waals surface area contributed by atoms with Crippen LogP contribution in [0.2, 0.25) is 0 Å². The van der Waals surface area contributed by atoms with Crippen molar-refractivity contribution in [2.24, 2.45) is 0 Å². The number of rotatable bonds is 6. The Labute approximate surface area is 109 Å². The van der Waals surface area contributed by atoms with Crippen LogP contribution in [-0.4, -0.2) is 28.6 Å². The first-order valence-electron chi connectivity index (χ1n) is 5.53. The van der Waals surface area contributed by atoms with Crippen molar-refractivity contribution in [3.05, 3.63) is 22.4 Å². The molecule has 0 aliphatic heterocycles. The van der Waals surface area contributed by atoms with Gasteiger partial charge in [0.2, 0.25) is 5.95 Å². The quantitative estimate of drug-likeness (QED) is 0.862. The smallest absolute Gasteiger partial charge is 0.324 e. The Bertz CT molecular complexity index is 490. The van der Waals surface area contributed by atoms with Gasteiger partial charge in [0.15, 0.2) is 0 Å². The van der Waals surface area contributed by atoms with E-state index >= 15 is 0 Å². The summed E-state index contributed by atoms with van der Waals surface area (Å²) in [4.78, 5) is 13.3. The highest BCUT2D eigenvalue weighted by atomic mass is 32.1. The van der Waals surface area contributed by atoms with E-state index in [1.165, 1.54) is 0 Å². The van der Waals surface area contributed by atoms with Gasteiger partial charge in [-0.2, -0.15) is 9.97 Å². The van der Waals surface area contributed by atoms with E-state index < -0.39 is 0 Å². The van der Waals surface area contributed by atoms with Crippen LogP contribution < -0.4 is 14.8 Å². The zero-order valence-corrected chi connectivity index (χ0v) is 11.0. The molecule has 1 N–H and O–H groups in total. The van der Waals surface area contributed by atoms with Crippen molar-refractivity contribution in [1.29, 1.82) is 0 Å². The SMILES string of the molecule is CCOc1nc(NC)nc(OCc2cccs2)n1. The number of anilines is 1. The van der Waals surface area contributed by atoms with Crippen molar-refractivity contribution in [1.82, 2.24) is 15.0 Å². The van der Waals surface area contributed by atoms with Crippen LogP contribution in [0.3, 0.4) is 0 Å². The van der Waals surface area contributed by atoms with Crippen molar-refractivity contribution in [2.45, 2.75) is 13.5 Å². The van der Waals surface area contributed by atoms with Gasteiger partial charge in [0.1, 0.15) is 6.61 Å². The number of hydrogen-bond donors (Lipinski definition) is 1. The molecular formula is C11H14N4O2S. The molecule has 2 aromatic heterocycles. The van der Waals surface area contributed by atoms with E-state index in [1.807, 2.05) is 24.4 Å². The summed E-state index contributed by atoms with van der Waals surface area (Å²) in [7, 11) is 1.73. The van der Waals surface area contributed by atoms with Gasteiger partial charge >= 0.3 is 12.0 Å². The van der Waals surface area contributed by atoms with Gasteiger partial charge in [-0.1, -0.05) is 6.07 Å². The van der Waals surface area contributed by atoms with E-state index in [2.05, 4.69) is 20.3 Å². The molecule has 0 bridgehead atoms. The molecule has 0 aromatic carbocycles. The lowest BCUT2D eigenvalue weighted by molar-refractivity contribution is 0.264. The number of aromatic nitrogens is 3. The third-order valence-electron chi connectivity index (χ3n) is 2.02. The molecule has 2 rings (SSSR count). The standard InChI is InChI=1S/C11H14N4O2S/c1-3-16-10-13-9(12-2)14-11(15-10)17-7-8-5-4-6-18-8/h4-6H,3,7H2,1-2H3,(H,12,13,14,15). The summed E-state index contributed by atoms with van der Waals surface area (Å²) in [5.74, 6) is 0.426. The van der Waals surface area contributed by atoms with Gasteiger partial charge in [0.05, 0.1) is 6.61 Å². The van der Waals surface area contributed by atoms with Crippen molar-refractivity contribution < 1.29 is 9.47 Å². The van der Waals surface area contributed by atoms with E-state index in [-0.39, 0.29) is 12.0 Å². The maximum Gasteiger partial charge on any atom is 0.324 e. The fraction of sp³-hybridized carbons (Fsp3) is 0.364. The molecule has 0 unspecified atom stereocenters. The van der Waals surface area contributed by atoms with Gasteiger partial charge in [-0.15, -0.1) is 16.3 Å². The van der Waals surface area contributed by atoms with Crippen molar-refractivity contribution in [2.75, 3.05) is 19.0 Å². The average Bonchev–Trinajstić information content (AvgIpc) is 2.89. The molecule has 0 aliphatic carbocycles. The van der Waals surface area contributed by atoms with Crippen LogP contribution in [-0.2, 0) is 6.61 Å². The van der Waals surface area contributed by atoms with Gasteiger partial charge in [-0.25, -0.2) is 0 Å². The second-order valence-electron chi connectivity index (χ2n) is 3.28. The molecule has 0 radical (unpaired) electrons. The minimum atomic E-state index is 0.256. The molecule has 7 heteroatoms. The van der Waals surface area contributed by atoms with Crippen LogP contribution in [0.5, 0.6) is 12.0 Å². The molecule has 0 amide bonds.